The number of amides is 4. The van der Waals surface area contributed by atoms with Crippen LogP contribution in [0.25, 0.3) is 6.08 Å². The van der Waals surface area contributed by atoms with E-state index in [1.165, 1.54) is 42.4 Å². The number of rotatable bonds is 8. The van der Waals surface area contributed by atoms with Crippen molar-refractivity contribution in [2.45, 2.75) is 24.8 Å². The maximum atomic E-state index is 13.9. The molecule has 0 radical (unpaired) electrons. The van der Waals surface area contributed by atoms with Gasteiger partial charge in [0.1, 0.15) is 17.2 Å². The van der Waals surface area contributed by atoms with Crippen molar-refractivity contribution >= 4 is 23.9 Å². The Bertz CT molecular complexity index is 1150. The molecule has 2 fully saturated rings. The first-order valence-corrected chi connectivity index (χ1v) is 11.9. The fourth-order valence-electron chi connectivity index (χ4n) is 4.96. The fraction of sp³-hybridized carbons (Fsp3) is 0.370. The van der Waals surface area contributed by atoms with E-state index >= 15 is 0 Å². The number of piperidine rings is 1. The summed E-state index contributed by atoms with van der Waals surface area (Å²) in [5.41, 5.74) is -0.139. The lowest BCUT2D eigenvalue weighted by Crippen LogP contribution is -2.58. The summed E-state index contributed by atoms with van der Waals surface area (Å²) in [6, 6.07) is 11.6. The van der Waals surface area contributed by atoms with E-state index < -0.39 is 17.4 Å². The lowest BCUT2D eigenvalue weighted by molar-refractivity contribution is -0.135. The molecule has 0 aromatic heterocycles. The predicted octanol–water partition coefficient (Wildman–Crippen LogP) is 3.40. The maximum Gasteiger partial charge on any atom is 0.325 e. The van der Waals surface area contributed by atoms with Crippen LogP contribution in [-0.4, -0.2) is 66.5 Å². The Morgan fingerprint density at radius 3 is 2.47 bits per heavy atom. The van der Waals surface area contributed by atoms with Crippen LogP contribution in [0.2, 0.25) is 0 Å². The Hall–Kier alpha value is -3.59. The number of imide groups is 1. The molecule has 2 aromatic carbocycles. The highest BCUT2D eigenvalue weighted by atomic mass is 19.1. The van der Waals surface area contributed by atoms with E-state index in [0.717, 1.165) is 5.56 Å². The number of carbonyl (C=O) groups is 3. The molecule has 4 amide bonds. The van der Waals surface area contributed by atoms with E-state index in [0.29, 0.717) is 31.5 Å². The van der Waals surface area contributed by atoms with Gasteiger partial charge in [-0.05, 0) is 48.6 Å². The molecule has 0 aliphatic carbocycles. The van der Waals surface area contributed by atoms with Crippen LogP contribution in [0.15, 0.2) is 54.6 Å². The Morgan fingerprint density at radius 2 is 1.81 bits per heavy atom. The summed E-state index contributed by atoms with van der Waals surface area (Å²) in [6.45, 7) is 1.12. The molecule has 4 rings (SSSR count). The molecular formula is C27H29F2N3O4. The van der Waals surface area contributed by atoms with Crippen LogP contribution in [0.4, 0.5) is 13.6 Å². The predicted molar refractivity (Wildman–Crippen MR) is 130 cm³/mol. The minimum atomic E-state index is -1.19. The highest BCUT2D eigenvalue weighted by Gasteiger charge is 2.55. The van der Waals surface area contributed by atoms with Crippen molar-refractivity contribution in [3.8, 4) is 0 Å². The maximum absolute atomic E-state index is 13.9. The Balaban J connectivity index is 1.50. The molecular weight excluding hydrogens is 468 g/mol. The van der Waals surface area contributed by atoms with Crippen LogP contribution in [0, 0.1) is 17.6 Å². The number of nitrogens with one attached hydrogen (secondary N) is 1. The first kappa shape index (κ1) is 25.5. The van der Waals surface area contributed by atoms with Crippen LogP contribution < -0.4 is 5.32 Å². The van der Waals surface area contributed by atoms with E-state index in [4.69, 9.17) is 4.74 Å². The number of likely N-dealkylation sites (tertiary alicyclic amines) is 1. The average molecular weight is 498 g/mol. The van der Waals surface area contributed by atoms with Gasteiger partial charge in [0.2, 0.25) is 5.91 Å². The first-order chi connectivity index (χ1) is 17.3. The second kappa shape index (κ2) is 11.0. The number of nitrogens with zero attached hydrogens (tertiary/aromatic N) is 2. The van der Waals surface area contributed by atoms with Crippen molar-refractivity contribution in [2.75, 3.05) is 33.4 Å². The van der Waals surface area contributed by atoms with Crippen molar-refractivity contribution in [2.24, 2.45) is 5.92 Å². The third-order valence-corrected chi connectivity index (χ3v) is 6.93. The van der Waals surface area contributed by atoms with Crippen LogP contribution in [-0.2, 0) is 20.7 Å². The normalized spacial score (nSPS) is 20.9. The Morgan fingerprint density at radius 1 is 1.11 bits per heavy atom. The van der Waals surface area contributed by atoms with Gasteiger partial charge in [-0.1, -0.05) is 30.3 Å². The molecule has 0 unspecified atom stereocenters. The minimum Gasteiger partial charge on any atom is -0.383 e. The molecule has 0 spiro atoms. The van der Waals surface area contributed by atoms with Crippen LogP contribution >= 0.6 is 0 Å². The highest BCUT2D eigenvalue weighted by Crippen LogP contribution is 2.36. The monoisotopic (exact) mass is 497 g/mol. The van der Waals surface area contributed by atoms with E-state index in [2.05, 4.69) is 5.32 Å². The lowest BCUT2D eigenvalue weighted by Gasteiger charge is -2.41. The Kier molecular flexibility index (Phi) is 7.79. The van der Waals surface area contributed by atoms with Crippen molar-refractivity contribution in [1.82, 2.24) is 15.1 Å². The summed E-state index contributed by atoms with van der Waals surface area (Å²) >= 11 is 0. The zero-order chi connectivity index (χ0) is 25.7. The zero-order valence-electron chi connectivity index (χ0n) is 20.1. The summed E-state index contributed by atoms with van der Waals surface area (Å²) in [5, 5.41) is 2.93. The number of halogens is 2. The molecule has 190 valence electrons. The number of carbonyl (C=O) groups excluding carboxylic acids is 3. The van der Waals surface area contributed by atoms with E-state index in [1.54, 1.807) is 35.2 Å². The molecule has 9 heteroatoms. The van der Waals surface area contributed by atoms with Gasteiger partial charge < -0.3 is 15.0 Å². The standard InChI is InChI=1S/C27H29F2N3O4/c1-36-17-16-32-25(34)27(30-26(32)35,18-19-6-9-22(28)10-7-19)21-12-14-31(15-13-21)24(33)11-8-20-4-2-3-5-23(20)29/h2-11,21H,12-18H2,1H3,(H,30,35)/b11-8+/t27-/m0/s1. The summed E-state index contributed by atoms with van der Waals surface area (Å²) in [6.07, 6.45) is 4.00. The molecule has 2 heterocycles. The molecule has 2 aliphatic rings. The summed E-state index contributed by atoms with van der Waals surface area (Å²) < 4.78 is 32.4. The van der Waals surface area contributed by atoms with Crippen LogP contribution in [0.1, 0.15) is 24.0 Å². The van der Waals surface area contributed by atoms with Crippen molar-refractivity contribution in [3.63, 3.8) is 0 Å². The SMILES string of the molecule is COCCN1C(=O)N[C@@](Cc2ccc(F)cc2)(C2CCN(C(=O)/C=C/c3ccccc3F)CC2)C1=O. The largest absolute Gasteiger partial charge is 0.383 e. The fourth-order valence-corrected chi connectivity index (χ4v) is 4.96. The quantitative estimate of drug-likeness (QED) is 0.448. The number of ether oxygens (including phenoxy) is 1. The summed E-state index contributed by atoms with van der Waals surface area (Å²) in [5.74, 6) is -1.60. The molecule has 36 heavy (non-hydrogen) atoms. The molecule has 7 nitrogen and oxygen atoms in total. The number of urea groups is 1. The van der Waals surface area contributed by atoms with E-state index in [-0.39, 0.29) is 43.1 Å². The summed E-state index contributed by atoms with van der Waals surface area (Å²) in [4.78, 5) is 41.9. The first-order valence-electron chi connectivity index (χ1n) is 11.9. The van der Waals surface area contributed by atoms with Crippen LogP contribution in [0.3, 0.4) is 0 Å². The average Bonchev–Trinajstić information content (AvgIpc) is 3.12. The lowest BCUT2D eigenvalue weighted by atomic mass is 9.74. The van der Waals surface area contributed by atoms with Gasteiger partial charge in [0.15, 0.2) is 0 Å². The molecule has 1 atom stereocenters. The molecule has 0 saturated carbocycles. The summed E-state index contributed by atoms with van der Waals surface area (Å²) in [7, 11) is 1.50. The topological polar surface area (TPSA) is 79.0 Å². The van der Waals surface area contributed by atoms with Crippen molar-refractivity contribution in [3.05, 3.63) is 77.4 Å². The second-order valence-corrected chi connectivity index (χ2v) is 9.11. The molecule has 0 bridgehead atoms. The zero-order valence-corrected chi connectivity index (χ0v) is 20.1. The number of methoxy groups -OCH3 is 1. The van der Waals surface area contributed by atoms with Gasteiger partial charge in [-0.2, -0.15) is 0 Å². The molecule has 2 aromatic rings. The van der Waals surface area contributed by atoms with Crippen molar-refractivity contribution in [1.29, 1.82) is 0 Å². The smallest absolute Gasteiger partial charge is 0.325 e. The number of hydrogen-bond acceptors (Lipinski definition) is 4. The third kappa shape index (κ3) is 5.31. The molecule has 1 N–H and O–H groups in total. The molecule has 2 aliphatic heterocycles. The number of benzene rings is 2. The van der Waals surface area contributed by atoms with Crippen molar-refractivity contribution < 1.29 is 27.9 Å². The highest BCUT2D eigenvalue weighted by molar-refractivity contribution is 6.07. The van der Waals surface area contributed by atoms with Crippen LogP contribution in [0.5, 0.6) is 0 Å². The van der Waals surface area contributed by atoms with Gasteiger partial charge >= 0.3 is 6.03 Å². The van der Waals surface area contributed by atoms with Gasteiger partial charge in [0, 0.05) is 38.3 Å². The third-order valence-electron chi connectivity index (χ3n) is 6.93. The number of hydrogen-bond donors (Lipinski definition) is 1. The van der Waals surface area contributed by atoms with Gasteiger partial charge in [-0.25, -0.2) is 13.6 Å². The van der Waals surface area contributed by atoms with Gasteiger partial charge in [0.05, 0.1) is 13.2 Å². The van der Waals surface area contributed by atoms with E-state index in [9.17, 15) is 23.2 Å². The minimum absolute atomic E-state index is 0.129. The van der Waals surface area contributed by atoms with Gasteiger partial charge in [-0.15, -0.1) is 0 Å². The Labute approximate surface area is 208 Å². The molecule has 2 saturated heterocycles. The van der Waals surface area contributed by atoms with Gasteiger partial charge in [-0.3, -0.25) is 14.5 Å². The van der Waals surface area contributed by atoms with E-state index in [1.807, 2.05) is 0 Å². The second-order valence-electron chi connectivity index (χ2n) is 9.11. The van der Waals surface area contributed by atoms with Gasteiger partial charge in [0.25, 0.3) is 5.91 Å².